The number of halogens is 2. The molecule has 4 N–H and O–H groups in total. The van der Waals surface area contributed by atoms with Gasteiger partial charge in [0.15, 0.2) is 6.61 Å². The highest BCUT2D eigenvalue weighted by Gasteiger charge is 2.04. The number of benzene rings is 1. The maximum absolute atomic E-state index is 10.2. The zero-order valence-electron chi connectivity index (χ0n) is 7.17. The Morgan fingerprint density at radius 3 is 2.57 bits per heavy atom. The summed E-state index contributed by atoms with van der Waals surface area (Å²) in [7, 11) is 0. The monoisotopic (exact) mass is 237 g/mol. The fourth-order valence-corrected chi connectivity index (χ4v) is 1.19. The van der Waals surface area contributed by atoms with Gasteiger partial charge in [0.05, 0.1) is 5.02 Å². The van der Waals surface area contributed by atoms with Gasteiger partial charge in [-0.1, -0.05) is 23.2 Å². The highest BCUT2D eigenvalue weighted by molar-refractivity contribution is 6.35. The third-order valence-corrected chi connectivity index (χ3v) is 1.78. The first-order chi connectivity index (χ1) is 6.09. The van der Waals surface area contributed by atoms with E-state index in [2.05, 4.69) is 0 Å². The minimum atomic E-state index is -1.05. The summed E-state index contributed by atoms with van der Waals surface area (Å²) in [6, 6.07) is 4.58. The van der Waals surface area contributed by atoms with Crippen LogP contribution in [0.25, 0.3) is 0 Å². The lowest BCUT2D eigenvalue weighted by molar-refractivity contribution is -0.139. The molecular weight excluding hydrogens is 229 g/mol. The highest BCUT2D eigenvalue weighted by Crippen LogP contribution is 2.27. The maximum atomic E-state index is 10.2. The Labute approximate surface area is 91.0 Å². The van der Waals surface area contributed by atoms with Crippen LogP contribution in [-0.2, 0) is 4.79 Å². The quantitative estimate of drug-likeness (QED) is 0.847. The van der Waals surface area contributed by atoms with E-state index in [0.717, 1.165) is 0 Å². The van der Waals surface area contributed by atoms with Gasteiger partial charge in [-0.2, -0.15) is 0 Å². The summed E-state index contributed by atoms with van der Waals surface area (Å²) in [6.07, 6.45) is 0. The fourth-order valence-electron chi connectivity index (χ4n) is 0.732. The Morgan fingerprint density at radius 2 is 2.07 bits per heavy atom. The van der Waals surface area contributed by atoms with Crippen molar-refractivity contribution in [1.29, 1.82) is 0 Å². The Morgan fingerprint density at radius 1 is 1.43 bits per heavy atom. The van der Waals surface area contributed by atoms with Crippen molar-refractivity contribution < 1.29 is 14.6 Å². The van der Waals surface area contributed by atoms with E-state index in [1.54, 1.807) is 6.07 Å². The third-order valence-electron chi connectivity index (χ3n) is 1.25. The molecular formula is C8H9Cl2NO3. The maximum Gasteiger partial charge on any atom is 0.341 e. The van der Waals surface area contributed by atoms with Crippen molar-refractivity contribution >= 4 is 29.2 Å². The largest absolute Gasteiger partial charge is 0.480 e. The van der Waals surface area contributed by atoms with Crippen molar-refractivity contribution in [3.8, 4) is 5.75 Å². The summed E-state index contributed by atoms with van der Waals surface area (Å²) in [6.45, 7) is -0.415. The Balaban J connectivity index is 0.00000169. The Bertz CT molecular complexity index is 330. The second-order valence-electron chi connectivity index (χ2n) is 2.26. The van der Waals surface area contributed by atoms with Crippen molar-refractivity contribution in [2.45, 2.75) is 0 Å². The first-order valence-electron chi connectivity index (χ1n) is 3.39. The van der Waals surface area contributed by atoms with E-state index in [-0.39, 0.29) is 6.15 Å². The van der Waals surface area contributed by atoms with Gasteiger partial charge in [0.1, 0.15) is 5.75 Å². The molecule has 78 valence electrons. The first-order valence-corrected chi connectivity index (χ1v) is 4.15. The second kappa shape index (κ2) is 5.70. The minimum Gasteiger partial charge on any atom is -0.480 e. The molecule has 1 aromatic rings. The minimum absolute atomic E-state index is 0. The number of carbonyl (C=O) groups is 1. The van der Waals surface area contributed by atoms with Crippen molar-refractivity contribution in [1.82, 2.24) is 6.15 Å². The van der Waals surface area contributed by atoms with Gasteiger partial charge in [0.25, 0.3) is 0 Å². The van der Waals surface area contributed by atoms with Gasteiger partial charge in [0, 0.05) is 5.02 Å². The van der Waals surface area contributed by atoms with Crippen LogP contribution >= 0.6 is 23.2 Å². The molecule has 0 heterocycles. The molecule has 0 unspecified atom stereocenters. The predicted octanol–water partition coefficient (Wildman–Crippen LogP) is 2.62. The smallest absolute Gasteiger partial charge is 0.341 e. The van der Waals surface area contributed by atoms with E-state index in [1.807, 2.05) is 0 Å². The van der Waals surface area contributed by atoms with Gasteiger partial charge >= 0.3 is 5.97 Å². The summed E-state index contributed by atoms with van der Waals surface area (Å²) in [5, 5.41) is 9.11. The molecule has 0 fully saturated rings. The highest BCUT2D eigenvalue weighted by atomic mass is 35.5. The van der Waals surface area contributed by atoms with Crippen LogP contribution in [0, 0.1) is 0 Å². The number of ether oxygens (including phenoxy) is 1. The van der Waals surface area contributed by atoms with Crippen molar-refractivity contribution in [3.05, 3.63) is 28.2 Å². The van der Waals surface area contributed by atoms with Crippen LogP contribution in [0.1, 0.15) is 0 Å². The average molecular weight is 238 g/mol. The Hall–Kier alpha value is -0.970. The molecule has 0 aromatic heterocycles. The molecule has 14 heavy (non-hydrogen) atoms. The molecule has 0 saturated carbocycles. The van der Waals surface area contributed by atoms with Gasteiger partial charge in [0.2, 0.25) is 0 Å². The molecule has 0 bridgehead atoms. The lowest BCUT2D eigenvalue weighted by Crippen LogP contribution is -2.09. The fraction of sp³-hybridized carbons (Fsp3) is 0.125. The van der Waals surface area contributed by atoms with E-state index in [4.69, 9.17) is 33.0 Å². The van der Waals surface area contributed by atoms with Crippen molar-refractivity contribution in [2.75, 3.05) is 6.61 Å². The normalized spacial score (nSPS) is 9.00. The summed E-state index contributed by atoms with van der Waals surface area (Å²) in [5.41, 5.74) is 0. The van der Waals surface area contributed by atoms with Crippen LogP contribution in [0.3, 0.4) is 0 Å². The van der Waals surface area contributed by atoms with Gasteiger partial charge in [-0.15, -0.1) is 0 Å². The number of hydrogen-bond acceptors (Lipinski definition) is 3. The zero-order valence-corrected chi connectivity index (χ0v) is 8.68. The molecule has 0 saturated heterocycles. The molecule has 1 rings (SSSR count). The molecule has 0 atom stereocenters. The standard InChI is InChI=1S/C8H6Cl2O3.H3N/c9-5-1-2-7(6(10)3-5)13-4-8(11)12;/h1-3H,4H2,(H,11,12);1H3. The van der Waals surface area contributed by atoms with Gasteiger partial charge in [-0.05, 0) is 18.2 Å². The summed E-state index contributed by atoms with van der Waals surface area (Å²) in [4.78, 5) is 10.2. The number of rotatable bonds is 3. The number of carboxylic acid groups (broad SMARTS) is 1. The molecule has 0 aliphatic rings. The third kappa shape index (κ3) is 3.83. The van der Waals surface area contributed by atoms with Crippen LogP contribution in [0.5, 0.6) is 5.75 Å². The lowest BCUT2D eigenvalue weighted by Gasteiger charge is -2.04. The van der Waals surface area contributed by atoms with E-state index < -0.39 is 12.6 Å². The van der Waals surface area contributed by atoms with Gasteiger partial charge in [-0.25, -0.2) is 4.79 Å². The van der Waals surface area contributed by atoms with Crippen LogP contribution in [-0.4, -0.2) is 17.7 Å². The number of carboxylic acids is 1. The second-order valence-corrected chi connectivity index (χ2v) is 3.10. The molecule has 6 heteroatoms. The molecule has 0 amide bonds. The van der Waals surface area contributed by atoms with Crippen LogP contribution in [0.2, 0.25) is 10.0 Å². The number of hydrogen-bond donors (Lipinski definition) is 2. The van der Waals surface area contributed by atoms with Crippen LogP contribution in [0.4, 0.5) is 0 Å². The summed E-state index contributed by atoms with van der Waals surface area (Å²) in [5.74, 6) is -0.737. The van der Waals surface area contributed by atoms with Gasteiger partial charge < -0.3 is 16.0 Å². The average Bonchev–Trinajstić information content (AvgIpc) is 2.02. The molecule has 0 spiro atoms. The van der Waals surface area contributed by atoms with Crippen molar-refractivity contribution in [2.24, 2.45) is 0 Å². The van der Waals surface area contributed by atoms with E-state index in [0.29, 0.717) is 15.8 Å². The molecule has 4 nitrogen and oxygen atoms in total. The predicted molar refractivity (Wildman–Crippen MR) is 54.6 cm³/mol. The molecule has 1 aromatic carbocycles. The van der Waals surface area contributed by atoms with Crippen molar-refractivity contribution in [3.63, 3.8) is 0 Å². The lowest BCUT2D eigenvalue weighted by atomic mass is 10.3. The zero-order chi connectivity index (χ0) is 9.84. The SMILES string of the molecule is N.O=C(O)COc1ccc(Cl)cc1Cl. The van der Waals surface area contributed by atoms with E-state index in [9.17, 15) is 4.79 Å². The van der Waals surface area contributed by atoms with E-state index >= 15 is 0 Å². The van der Waals surface area contributed by atoms with Crippen LogP contribution in [0.15, 0.2) is 18.2 Å². The molecule has 0 radical (unpaired) electrons. The topological polar surface area (TPSA) is 81.5 Å². The first kappa shape index (κ1) is 13.0. The van der Waals surface area contributed by atoms with Gasteiger partial charge in [-0.3, -0.25) is 0 Å². The van der Waals surface area contributed by atoms with E-state index in [1.165, 1.54) is 12.1 Å². The number of aliphatic carboxylic acids is 1. The van der Waals surface area contributed by atoms with Crippen LogP contribution < -0.4 is 10.9 Å². The Kier molecular flexibility index (Phi) is 5.30. The summed E-state index contributed by atoms with van der Waals surface area (Å²) < 4.78 is 4.86. The summed E-state index contributed by atoms with van der Waals surface area (Å²) >= 11 is 11.3. The molecule has 0 aliphatic carbocycles. The molecule has 0 aliphatic heterocycles.